The first-order valence-corrected chi connectivity index (χ1v) is 18.0. The van der Waals surface area contributed by atoms with Crippen LogP contribution in [0.5, 0.6) is 0 Å². The van der Waals surface area contributed by atoms with Gasteiger partial charge >= 0.3 is 0 Å². The van der Waals surface area contributed by atoms with Crippen molar-refractivity contribution >= 4 is 82.5 Å². The molecule has 0 aliphatic carbocycles. The lowest BCUT2D eigenvalue weighted by molar-refractivity contribution is 0.668. The van der Waals surface area contributed by atoms with E-state index in [1.54, 1.807) is 0 Å². The first-order chi connectivity index (χ1) is 26.3. The normalized spacial score (nSPS) is 11.8. The number of rotatable bonds is 5. The summed E-state index contributed by atoms with van der Waals surface area (Å²) in [6.45, 7) is 0. The molecule has 3 heteroatoms. The van der Waals surface area contributed by atoms with E-state index in [2.05, 4.69) is 187 Å². The fourth-order valence-electron chi connectivity index (χ4n) is 8.15. The number of nitrogens with zero attached hydrogens (tertiary/aromatic N) is 1. The highest BCUT2D eigenvalue weighted by molar-refractivity contribution is 6.22. The number of fused-ring (bicyclic) bond motifs is 8. The summed E-state index contributed by atoms with van der Waals surface area (Å²) in [6.07, 6.45) is 0. The van der Waals surface area contributed by atoms with Crippen LogP contribution in [0, 0.1) is 0 Å². The molecule has 0 unspecified atom stereocenters. The largest absolute Gasteiger partial charge is 0.456 e. The van der Waals surface area contributed by atoms with E-state index in [1.807, 2.05) is 6.07 Å². The van der Waals surface area contributed by atoms with E-state index in [-0.39, 0.29) is 0 Å². The summed E-state index contributed by atoms with van der Waals surface area (Å²) in [5.74, 6) is 0. The predicted molar refractivity (Wildman–Crippen MR) is 222 cm³/mol. The average Bonchev–Trinajstić information content (AvgIpc) is 3.79. The third-order valence-electron chi connectivity index (χ3n) is 10.6. The summed E-state index contributed by atoms with van der Waals surface area (Å²) >= 11 is 0. The van der Waals surface area contributed by atoms with Crippen molar-refractivity contribution in [2.75, 3.05) is 4.90 Å². The molecular formula is C50H31NO2. The lowest BCUT2D eigenvalue weighted by Gasteiger charge is -2.27. The molecule has 248 valence electrons. The molecule has 0 fully saturated rings. The summed E-state index contributed by atoms with van der Waals surface area (Å²) in [4.78, 5) is 2.38. The minimum absolute atomic E-state index is 0.855. The molecule has 11 rings (SSSR count). The van der Waals surface area contributed by atoms with Gasteiger partial charge in [0.25, 0.3) is 0 Å². The van der Waals surface area contributed by atoms with E-state index >= 15 is 0 Å². The molecule has 0 atom stereocenters. The zero-order chi connectivity index (χ0) is 34.9. The van der Waals surface area contributed by atoms with Crippen molar-refractivity contribution in [3.8, 4) is 22.3 Å². The Hall–Kier alpha value is -7.10. The molecule has 0 bridgehead atoms. The Bertz CT molecular complexity index is 3170. The highest BCUT2D eigenvalue weighted by Gasteiger charge is 2.24. The minimum Gasteiger partial charge on any atom is -0.456 e. The molecular weight excluding hydrogens is 647 g/mol. The molecule has 53 heavy (non-hydrogen) atoms. The van der Waals surface area contributed by atoms with Crippen LogP contribution in [0.15, 0.2) is 197 Å². The molecule has 11 aromatic rings. The zero-order valence-electron chi connectivity index (χ0n) is 28.7. The number of anilines is 3. The third kappa shape index (κ3) is 4.75. The SMILES string of the molecule is c1ccc(N(c2ccc3oc4cccc(-c5ccc(-c6ccc7ccccc7c6)cc5)c4c3c2)c2c3ccccc3cc3oc4ccccc4c23)cc1. The van der Waals surface area contributed by atoms with Gasteiger partial charge in [-0.05, 0) is 93.0 Å². The molecule has 0 amide bonds. The Morgan fingerprint density at radius 3 is 1.85 bits per heavy atom. The summed E-state index contributed by atoms with van der Waals surface area (Å²) in [5, 5.41) is 9.13. The van der Waals surface area contributed by atoms with Gasteiger partial charge in [-0.2, -0.15) is 0 Å². The van der Waals surface area contributed by atoms with Crippen molar-refractivity contribution in [1.29, 1.82) is 0 Å². The molecule has 0 N–H and O–H groups in total. The Morgan fingerprint density at radius 2 is 0.981 bits per heavy atom. The molecule has 0 saturated heterocycles. The van der Waals surface area contributed by atoms with Crippen LogP contribution < -0.4 is 4.90 Å². The van der Waals surface area contributed by atoms with Crippen LogP contribution in [-0.2, 0) is 0 Å². The fourth-order valence-corrected chi connectivity index (χ4v) is 8.15. The summed E-state index contributed by atoms with van der Waals surface area (Å²) in [7, 11) is 0. The van der Waals surface area contributed by atoms with Crippen LogP contribution in [0.2, 0.25) is 0 Å². The van der Waals surface area contributed by atoms with Crippen LogP contribution >= 0.6 is 0 Å². The summed E-state index contributed by atoms with van der Waals surface area (Å²) in [6, 6.07) is 66.8. The van der Waals surface area contributed by atoms with E-state index in [0.29, 0.717) is 0 Å². The van der Waals surface area contributed by atoms with Crippen LogP contribution in [0.25, 0.3) is 87.7 Å². The molecule has 0 aliphatic rings. The van der Waals surface area contributed by atoms with Crippen molar-refractivity contribution in [3.05, 3.63) is 188 Å². The standard InChI is InChI=1S/C50H31NO2/c1-2-14-38(15-3-1)51(50-41-16-7-6-13-37(41)30-47-49(50)42-17-8-9-19-44(42)53-47)39-27-28-45-43(31-39)48-40(18-10-20-46(48)52-45)34-24-21-33(22-25-34)36-26-23-32-11-4-5-12-35(32)29-36/h1-31H. The van der Waals surface area contributed by atoms with Crippen molar-refractivity contribution in [2.45, 2.75) is 0 Å². The van der Waals surface area contributed by atoms with Gasteiger partial charge in [0.15, 0.2) is 0 Å². The van der Waals surface area contributed by atoms with Crippen molar-refractivity contribution < 1.29 is 8.83 Å². The van der Waals surface area contributed by atoms with Gasteiger partial charge in [-0.1, -0.05) is 133 Å². The van der Waals surface area contributed by atoms with Gasteiger partial charge in [-0.15, -0.1) is 0 Å². The number of hydrogen-bond acceptors (Lipinski definition) is 3. The van der Waals surface area contributed by atoms with Crippen LogP contribution in [0.4, 0.5) is 17.1 Å². The molecule has 0 radical (unpaired) electrons. The minimum atomic E-state index is 0.855. The first kappa shape index (κ1) is 29.6. The van der Waals surface area contributed by atoms with Gasteiger partial charge in [0, 0.05) is 32.9 Å². The maximum atomic E-state index is 6.55. The quantitative estimate of drug-likeness (QED) is 0.182. The second kappa shape index (κ2) is 11.7. The number of para-hydroxylation sites is 2. The highest BCUT2D eigenvalue weighted by atomic mass is 16.3. The van der Waals surface area contributed by atoms with Crippen LogP contribution in [0.1, 0.15) is 0 Å². The predicted octanol–water partition coefficient (Wildman–Crippen LogP) is 14.6. The van der Waals surface area contributed by atoms with Gasteiger partial charge in [-0.25, -0.2) is 0 Å². The molecule has 9 aromatic carbocycles. The lowest BCUT2D eigenvalue weighted by Crippen LogP contribution is -2.11. The molecule has 2 aromatic heterocycles. The number of furan rings is 2. The van der Waals surface area contributed by atoms with Gasteiger partial charge < -0.3 is 13.7 Å². The topological polar surface area (TPSA) is 29.5 Å². The van der Waals surface area contributed by atoms with Crippen molar-refractivity contribution in [1.82, 2.24) is 0 Å². The van der Waals surface area contributed by atoms with E-state index in [0.717, 1.165) is 82.8 Å². The van der Waals surface area contributed by atoms with Crippen molar-refractivity contribution in [2.24, 2.45) is 0 Å². The molecule has 0 saturated carbocycles. The zero-order valence-corrected chi connectivity index (χ0v) is 28.7. The Balaban J connectivity index is 1.12. The van der Waals surface area contributed by atoms with Gasteiger partial charge in [0.1, 0.15) is 22.3 Å². The first-order valence-electron chi connectivity index (χ1n) is 18.0. The number of hydrogen-bond donors (Lipinski definition) is 0. The fraction of sp³-hybridized carbons (Fsp3) is 0. The average molecular weight is 678 g/mol. The van der Waals surface area contributed by atoms with Crippen LogP contribution in [-0.4, -0.2) is 0 Å². The number of benzene rings is 9. The van der Waals surface area contributed by atoms with Gasteiger partial charge in [-0.3, -0.25) is 0 Å². The third-order valence-corrected chi connectivity index (χ3v) is 10.6. The molecule has 0 aliphatic heterocycles. The monoisotopic (exact) mass is 677 g/mol. The molecule has 0 spiro atoms. The van der Waals surface area contributed by atoms with E-state index < -0.39 is 0 Å². The van der Waals surface area contributed by atoms with Gasteiger partial charge in [0.05, 0.1) is 11.1 Å². The highest BCUT2D eigenvalue weighted by Crippen LogP contribution is 2.48. The van der Waals surface area contributed by atoms with Gasteiger partial charge in [0.2, 0.25) is 0 Å². The van der Waals surface area contributed by atoms with Crippen LogP contribution in [0.3, 0.4) is 0 Å². The second-order valence-electron chi connectivity index (χ2n) is 13.7. The molecule has 2 heterocycles. The summed E-state index contributed by atoms with van der Waals surface area (Å²) < 4.78 is 13.1. The summed E-state index contributed by atoms with van der Waals surface area (Å²) in [5.41, 5.74) is 11.3. The second-order valence-corrected chi connectivity index (χ2v) is 13.7. The van der Waals surface area contributed by atoms with E-state index in [9.17, 15) is 0 Å². The smallest absolute Gasteiger partial charge is 0.138 e. The Kier molecular flexibility index (Phi) is 6.55. The maximum absolute atomic E-state index is 6.55. The molecule has 3 nitrogen and oxygen atoms in total. The Morgan fingerprint density at radius 1 is 0.321 bits per heavy atom. The van der Waals surface area contributed by atoms with Crippen molar-refractivity contribution in [3.63, 3.8) is 0 Å². The maximum Gasteiger partial charge on any atom is 0.138 e. The Labute approximate surface area is 305 Å². The van der Waals surface area contributed by atoms with E-state index in [4.69, 9.17) is 8.83 Å². The van der Waals surface area contributed by atoms with E-state index in [1.165, 1.54) is 21.9 Å². The lowest BCUT2D eigenvalue weighted by atomic mass is 9.96.